The third-order valence-electron chi connectivity index (χ3n) is 3.26. The number of methoxy groups -OCH3 is 1. The molecule has 1 atom stereocenters. The van der Waals surface area contributed by atoms with Gasteiger partial charge in [-0.15, -0.1) is 0 Å². The number of halogens is 1. The molecule has 0 spiro atoms. The van der Waals surface area contributed by atoms with E-state index in [0.29, 0.717) is 37.9 Å². The van der Waals surface area contributed by atoms with Crippen molar-refractivity contribution in [2.24, 2.45) is 0 Å². The molecule has 0 aromatic heterocycles. The summed E-state index contributed by atoms with van der Waals surface area (Å²) < 4.78 is 10.6. The minimum Gasteiger partial charge on any atom is -0.378 e. The van der Waals surface area contributed by atoms with Gasteiger partial charge in [-0.05, 0) is 17.7 Å². The topological polar surface area (TPSA) is 50.8 Å². The zero-order chi connectivity index (χ0) is 14.4. The number of rotatable bonds is 4. The van der Waals surface area contributed by atoms with Crippen molar-refractivity contribution in [3.8, 4) is 0 Å². The Balaban J connectivity index is 1.86. The molecule has 1 aliphatic rings. The van der Waals surface area contributed by atoms with Crippen molar-refractivity contribution in [2.45, 2.75) is 6.10 Å². The Morgan fingerprint density at radius 2 is 2.05 bits per heavy atom. The van der Waals surface area contributed by atoms with E-state index in [2.05, 4.69) is 5.32 Å². The fourth-order valence-corrected chi connectivity index (χ4v) is 2.20. The smallest absolute Gasteiger partial charge is 0.317 e. The molecule has 0 unspecified atom stereocenters. The third kappa shape index (κ3) is 4.10. The van der Waals surface area contributed by atoms with Crippen LogP contribution < -0.4 is 5.32 Å². The Labute approximate surface area is 123 Å². The van der Waals surface area contributed by atoms with Crippen molar-refractivity contribution in [3.63, 3.8) is 0 Å². The molecule has 110 valence electrons. The van der Waals surface area contributed by atoms with Crippen molar-refractivity contribution >= 4 is 17.6 Å². The van der Waals surface area contributed by atoms with Crippen LogP contribution >= 0.6 is 11.6 Å². The van der Waals surface area contributed by atoms with Crippen molar-refractivity contribution < 1.29 is 14.3 Å². The molecule has 1 fully saturated rings. The van der Waals surface area contributed by atoms with Gasteiger partial charge in [-0.3, -0.25) is 0 Å². The summed E-state index contributed by atoms with van der Waals surface area (Å²) in [5.41, 5.74) is 0.985. The number of hydrogen-bond acceptors (Lipinski definition) is 3. The van der Waals surface area contributed by atoms with Gasteiger partial charge in [0.2, 0.25) is 0 Å². The molecule has 0 aliphatic carbocycles. The predicted octanol–water partition coefficient (Wildman–Crippen LogP) is 2.07. The fraction of sp³-hybridized carbons (Fsp3) is 0.500. The lowest BCUT2D eigenvalue weighted by Gasteiger charge is -2.27. The molecule has 1 aromatic rings. The van der Waals surface area contributed by atoms with E-state index >= 15 is 0 Å². The number of nitrogens with one attached hydrogen (secondary N) is 1. The van der Waals surface area contributed by atoms with E-state index in [1.807, 2.05) is 24.3 Å². The lowest BCUT2D eigenvalue weighted by Crippen LogP contribution is -2.47. The molecule has 0 saturated carbocycles. The number of ether oxygens (including phenoxy) is 2. The molecule has 0 radical (unpaired) electrons. The number of carbonyl (C=O) groups is 1. The van der Waals surface area contributed by atoms with Gasteiger partial charge in [0.15, 0.2) is 0 Å². The van der Waals surface area contributed by atoms with E-state index in [1.165, 1.54) is 0 Å². The minimum atomic E-state index is -0.183. The van der Waals surface area contributed by atoms with Crippen LogP contribution in [0.4, 0.5) is 4.79 Å². The highest BCUT2D eigenvalue weighted by Crippen LogP contribution is 2.18. The predicted molar refractivity (Wildman–Crippen MR) is 77.0 cm³/mol. The zero-order valence-electron chi connectivity index (χ0n) is 11.5. The van der Waals surface area contributed by atoms with Crippen LogP contribution in [0.2, 0.25) is 5.02 Å². The number of hydrogen-bond donors (Lipinski definition) is 1. The minimum absolute atomic E-state index is 0.0793. The molecule has 2 rings (SSSR count). The third-order valence-corrected chi connectivity index (χ3v) is 3.52. The Kier molecular flexibility index (Phi) is 5.64. The molecular weight excluding hydrogens is 280 g/mol. The summed E-state index contributed by atoms with van der Waals surface area (Å²) in [5.74, 6) is 0. The second-order valence-electron chi connectivity index (χ2n) is 4.56. The normalized spacial score (nSPS) is 16.8. The number of carbonyl (C=O) groups excluding carboxylic acids is 1. The van der Waals surface area contributed by atoms with Gasteiger partial charge in [0.1, 0.15) is 0 Å². The van der Waals surface area contributed by atoms with Gasteiger partial charge in [0.25, 0.3) is 0 Å². The number of urea groups is 1. The Hall–Kier alpha value is -1.30. The van der Waals surface area contributed by atoms with Crippen molar-refractivity contribution in [1.29, 1.82) is 0 Å². The molecule has 2 amide bonds. The maximum absolute atomic E-state index is 12.0. The SMILES string of the molecule is CO[C@H](CNC(=O)N1CCOCC1)c1ccc(Cl)cc1. The quantitative estimate of drug-likeness (QED) is 0.926. The standard InChI is InChI=1S/C14H19ClN2O3/c1-19-13(11-2-4-12(15)5-3-11)10-16-14(18)17-6-8-20-9-7-17/h2-5,13H,6-10H2,1H3,(H,16,18)/t13-/m1/s1. The van der Waals surface area contributed by atoms with Crippen LogP contribution in [0.25, 0.3) is 0 Å². The highest BCUT2D eigenvalue weighted by Gasteiger charge is 2.18. The monoisotopic (exact) mass is 298 g/mol. The summed E-state index contributed by atoms with van der Waals surface area (Å²) in [6.07, 6.45) is -0.183. The summed E-state index contributed by atoms with van der Waals surface area (Å²) in [7, 11) is 1.63. The van der Waals surface area contributed by atoms with Gasteiger partial charge in [-0.2, -0.15) is 0 Å². The molecule has 5 nitrogen and oxygen atoms in total. The number of benzene rings is 1. The Bertz CT molecular complexity index is 433. The van der Waals surface area contributed by atoms with Crippen LogP contribution in [0, 0.1) is 0 Å². The van der Waals surface area contributed by atoms with Crippen molar-refractivity contribution in [3.05, 3.63) is 34.9 Å². The summed E-state index contributed by atoms with van der Waals surface area (Å²) in [6, 6.07) is 7.35. The van der Waals surface area contributed by atoms with Crippen molar-refractivity contribution in [2.75, 3.05) is 40.0 Å². The summed E-state index contributed by atoms with van der Waals surface area (Å²) in [4.78, 5) is 13.7. The first-order valence-electron chi connectivity index (χ1n) is 6.59. The first-order valence-corrected chi connectivity index (χ1v) is 6.97. The molecule has 1 aromatic carbocycles. The second-order valence-corrected chi connectivity index (χ2v) is 5.00. The van der Waals surface area contributed by atoms with E-state index in [4.69, 9.17) is 21.1 Å². The fourth-order valence-electron chi connectivity index (χ4n) is 2.07. The van der Waals surface area contributed by atoms with Crippen LogP contribution in [-0.4, -0.2) is 50.9 Å². The molecule has 1 N–H and O–H groups in total. The summed E-state index contributed by atoms with van der Waals surface area (Å²) in [6.45, 7) is 2.87. The maximum atomic E-state index is 12.0. The lowest BCUT2D eigenvalue weighted by molar-refractivity contribution is 0.0508. The molecule has 20 heavy (non-hydrogen) atoms. The zero-order valence-corrected chi connectivity index (χ0v) is 12.2. The first kappa shape index (κ1) is 15.1. The van der Waals surface area contributed by atoms with Crippen LogP contribution in [0.1, 0.15) is 11.7 Å². The van der Waals surface area contributed by atoms with Gasteiger partial charge in [0, 0.05) is 31.8 Å². The van der Waals surface area contributed by atoms with Crippen LogP contribution in [0.5, 0.6) is 0 Å². The Morgan fingerprint density at radius 3 is 2.65 bits per heavy atom. The van der Waals surface area contributed by atoms with E-state index in [1.54, 1.807) is 12.0 Å². The molecular formula is C14H19ClN2O3. The molecule has 6 heteroatoms. The van der Waals surface area contributed by atoms with Gasteiger partial charge >= 0.3 is 6.03 Å². The van der Waals surface area contributed by atoms with Crippen LogP contribution in [-0.2, 0) is 9.47 Å². The highest BCUT2D eigenvalue weighted by atomic mass is 35.5. The number of amides is 2. The van der Waals surface area contributed by atoms with E-state index < -0.39 is 0 Å². The molecule has 0 bridgehead atoms. The largest absolute Gasteiger partial charge is 0.378 e. The van der Waals surface area contributed by atoms with Gasteiger partial charge in [0.05, 0.1) is 19.3 Å². The molecule has 1 heterocycles. The maximum Gasteiger partial charge on any atom is 0.317 e. The van der Waals surface area contributed by atoms with E-state index in [9.17, 15) is 4.79 Å². The van der Waals surface area contributed by atoms with Crippen LogP contribution in [0.3, 0.4) is 0 Å². The first-order chi connectivity index (χ1) is 9.70. The van der Waals surface area contributed by atoms with Crippen LogP contribution in [0.15, 0.2) is 24.3 Å². The highest BCUT2D eigenvalue weighted by molar-refractivity contribution is 6.30. The number of nitrogens with zero attached hydrogens (tertiary/aromatic N) is 1. The summed E-state index contributed by atoms with van der Waals surface area (Å²) in [5, 5.41) is 3.57. The van der Waals surface area contributed by atoms with Gasteiger partial charge in [-0.1, -0.05) is 23.7 Å². The van der Waals surface area contributed by atoms with E-state index in [0.717, 1.165) is 5.56 Å². The lowest BCUT2D eigenvalue weighted by atomic mass is 10.1. The average Bonchev–Trinajstić information content (AvgIpc) is 2.50. The summed E-state index contributed by atoms with van der Waals surface area (Å²) >= 11 is 5.86. The molecule has 1 saturated heterocycles. The Morgan fingerprint density at radius 1 is 1.40 bits per heavy atom. The van der Waals surface area contributed by atoms with E-state index in [-0.39, 0.29) is 12.1 Å². The molecule has 1 aliphatic heterocycles. The van der Waals surface area contributed by atoms with Gasteiger partial charge in [-0.25, -0.2) is 4.79 Å². The number of morpholine rings is 1. The van der Waals surface area contributed by atoms with Crippen molar-refractivity contribution in [1.82, 2.24) is 10.2 Å². The van der Waals surface area contributed by atoms with Gasteiger partial charge < -0.3 is 19.7 Å². The second kappa shape index (κ2) is 7.47. The average molecular weight is 299 g/mol.